The fourth-order valence-corrected chi connectivity index (χ4v) is 7.03. The largest absolute Gasteiger partial charge is 0.462 e. The normalized spacial score (nSPS) is 13.2. The first-order valence-corrected chi connectivity index (χ1v) is 27.1. The van der Waals surface area contributed by atoms with Crippen LogP contribution in [0.2, 0.25) is 0 Å². The van der Waals surface area contributed by atoms with Crippen LogP contribution >= 0.6 is 0 Å². The summed E-state index contributed by atoms with van der Waals surface area (Å²) in [6.07, 6.45) is 78.0. The molecule has 0 amide bonds. The molecule has 5 heteroatoms. The van der Waals surface area contributed by atoms with Crippen molar-refractivity contribution in [3.63, 3.8) is 0 Å². The third-order valence-corrected chi connectivity index (χ3v) is 11.0. The molecule has 1 unspecified atom stereocenters. The zero-order chi connectivity index (χ0) is 47.7. The number of hydrogen-bond donors (Lipinski definition) is 0. The van der Waals surface area contributed by atoms with Crippen molar-refractivity contribution in [2.75, 3.05) is 19.8 Å². The molecular weight excluding hydrogens is 813 g/mol. The molecule has 66 heavy (non-hydrogen) atoms. The molecule has 0 aromatic heterocycles. The number of carbonyl (C=O) groups excluding carboxylic acids is 2. The van der Waals surface area contributed by atoms with Crippen LogP contribution in [0.15, 0.2) is 122 Å². The van der Waals surface area contributed by atoms with Crippen LogP contribution in [0.1, 0.15) is 226 Å². The third kappa shape index (κ3) is 52.9. The van der Waals surface area contributed by atoms with E-state index in [0.29, 0.717) is 19.4 Å². The van der Waals surface area contributed by atoms with Crippen LogP contribution in [0, 0.1) is 0 Å². The van der Waals surface area contributed by atoms with Gasteiger partial charge in [0.25, 0.3) is 0 Å². The quantitative estimate of drug-likeness (QED) is 0.0346. The Labute approximate surface area is 407 Å². The lowest BCUT2D eigenvalue weighted by atomic mass is 10.1. The Morgan fingerprint density at radius 2 is 0.682 bits per heavy atom. The first-order valence-electron chi connectivity index (χ1n) is 27.1. The SMILES string of the molecule is CC/C=C\C/C=C\C/C=C\C/C=C\C/C=C\CCOCC(COC(=O)CCCCCC/C=C\C/C=C\C/C=C\C/C=C\CC)OC(=O)CCCCCCCCC/C=C\CCCCCCCC. The molecule has 0 saturated heterocycles. The van der Waals surface area contributed by atoms with Crippen molar-refractivity contribution in [3.8, 4) is 0 Å². The van der Waals surface area contributed by atoms with Crippen LogP contribution in [-0.2, 0) is 23.8 Å². The Kier molecular flexibility index (Phi) is 52.5. The number of ether oxygens (including phenoxy) is 3. The van der Waals surface area contributed by atoms with Crippen LogP contribution in [-0.4, -0.2) is 37.9 Å². The minimum absolute atomic E-state index is 0.0340. The molecule has 0 rings (SSSR count). The monoisotopic (exact) mass is 913 g/mol. The molecule has 5 nitrogen and oxygen atoms in total. The maximum absolute atomic E-state index is 12.8. The van der Waals surface area contributed by atoms with Crippen molar-refractivity contribution < 1.29 is 23.8 Å². The molecule has 0 spiro atoms. The molecular formula is C61H100O5. The maximum atomic E-state index is 12.8. The third-order valence-electron chi connectivity index (χ3n) is 11.0. The highest BCUT2D eigenvalue weighted by Gasteiger charge is 2.17. The fourth-order valence-electron chi connectivity index (χ4n) is 7.03. The second-order valence-corrected chi connectivity index (χ2v) is 17.4. The zero-order valence-corrected chi connectivity index (χ0v) is 42.9. The second-order valence-electron chi connectivity index (χ2n) is 17.4. The fraction of sp³-hybridized carbons (Fsp3) is 0.639. The van der Waals surface area contributed by atoms with Crippen LogP contribution in [0.25, 0.3) is 0 Å². The zero-order valence-electron chi connectivity index (χ0n) is 42.9. The Morgan fingerprint density at radius 3 is 1.11 bits per heavy atom. The number of carbonyl (C=O) groups is 2. The van der Waals surface area contributed by atoms with E-state index in [1.165, 1.54) is 77.0 Å². The van der Waals surface area contributed by atoms with Crippen LogP contribution in [0.5, 0.6) is 0 Å². The topological polar surface area (TPSA) is 61.8 Å². The molecule has 0 saturated carbocycles. The van der Waals surface area contributed by atoms with Gasteiger partial charge in [0.1, 0.15) is 6.61 Å². The van der Waals surface area contributed by atoms with Crippen molar-refractivity contribution in [3.05, 3.63) is 122 Å². The highest BCUT2D eigenvalue weighted by molar-refractivity contribution is 5.70. The summed E-state index contributed by atoms with van der Waals surface area (Å²) in [5.74, 6) is -0.476. The number of unbranched alkanes of at least 4 members (excludes halogenated alkanes) is 17. The first-order chi connectivity index (χ1) is 32.6. The number of esters is 2. The predicted octanol–water partition coefficient (Wildman–Crippen LogP) is 18.6. The number of allylic oxidation sites excluding steroid dienone is 19. The molecule has 374 valence electrons. The molecule has 0 N–H and O–H groups in total. The van der Waals surface area contributed by atoms with Gasteiger partial charge in [-0.25, -0.2) is 0 Å². The van der Waals surface area contributed by atoms with E-state index in [1.807, 2.05) is 0 Å². The molecule has 1 atom stereocenters. The van der Waals surface area contributed by atoms with Gasteiger partial charge in [0.15, 0.2) is 6.10 Å². The minimum Gasteiger partial charge on any atom is -0.462 e. The average molecular weight is 913 g/mol. The molecule has 0 aliphatic rings. The lowest BCUT2D eigenvalue weighted by Gasteiger charge is -2.18. The molecule has 0 aromatic rings. The first kappa shape index (κ1) is 62.3. The van der Waals surface area contributed by atoms with E-state index in [-0.39, 0.29) is 25.2 Å². The Morgan fingerprint density at radius 1 is 0.348 bits per heavy atom. The molecule has 0 heterocycles. The minimum atomic E-state index is -0.597. The van der Waals surface area contributed by atoms with E-state index in [0.717, 1.165) is 116 Å². The highest BCUT2D eigenvalue weighted by Crippen LogP contribution is 2.13. The second kappa shape index (κ2) is 55.6. The summed E-state index contributed by atoms with van der Waals surface area (Å²) in [6.45, 7) is 7.35. The van der Waals surface area contributed by atoms with E-state index in [1.54, 1.807) is 0 Å². The predicted molar refractivity (Wildman–Crippen MR) is 288 cm³/mol. The lowest BCUT2D eigenvalue weighted by molar-refractivity contribution is -0.162. The highest BCUT2D eigenvalue weighted by atomic mass is 16.6. The van der Waals surface area contributed by atoms with Crippen molar-refractivity contribution in [2.45, 2.75) is 232 Å². The summed E-state index contributed by atoms with van der Waals surface area (Å²) in [6, 6.07) is 0. The Bertz CT molecular complexity index is 1350. The lowest BCUT2D eigenvalue weighted by Crippen LogP contribution is -2.30. The summed E-state index contributed by atoms with van der Waals surface area (Å²) in [5.41, 5.74) is 0. The van der Waals surface area contributed by atoms with E-state index in [4.69, 9.17) is 14.2 Å². The maximum Gasteiger partial charge on any atom is 0.306 e. The van der Waals surface area contributed by atoms with Gasteiger partial charge in [0.05, 0.1) is 13.2 Å². The van der Waals surface area contributed by atoms with Gasteiger partial charge in [-0.3, -0.25) is 9.59 Å². The van der Waals surface area contributed by atoms with E-state index in [9.17, 15) is 9.59 Å². The Balaban J connectivity index is 4.45. The van der Waals surface area contributed by atoms with Gasteiger partial charge in [-0.2, -0.15) is 0 Å². The van der Waals surface area contributed by atoms with Gasteiger partial charge in [0, 0.05) is 12.8 Å². The van der Waals surface area contributed by atoms with E-state index < -0.39 is 6.10 Å². The van der Waals surface area contributed by atoms with Gasteiger partial charge >= 0.3 is 11.9 Å². The van der Waals surface area contributed by atoms with Gasteiger partial charge < -0.3 is 14.2 Å². The van der Waals surface area contributed by atoms with Crippen LogP contribution < -0.4 is 0 Å². The van der Waals surface area contributed by atoms with Gasteiger partial charge in [-0.15, -0.1) is 0 Å². The van der Waals surface area contributed by atoms with Gasteiger partial charge in [-0.1, -0.05) is 219 Å². The van der Waals surface area contributed by atoms with Crippen LogP contribution in [0.4, 0.5) is 0 Å². The molecule has 0 radical (unpaired) electrons. The molecule has 0 fully saturated rings. The van der Waals surface area contributed by atoms with Crippen molar-refractivity contribution in [1.82, 2.24) is 0 Å². The summed E-state index contributed by atoms with van der Waals surface area (Å²) in [4.78, 5) is 25.5. The summed E-state index contributed by atoms with van der Waals surface area (Å²) >= 11 is 0. The van der Waals surface area contributed by atoms with E-state index >= 15 is 0 Å². The van der Waals surface area contributed by atoms with Crippen LogP contribution in [0.3, 0.4) is 0 Å². The van der Waals surface area contributed by atoms with Crippen molar-refractivity contribution in [1.29, 1.82) is 0 Å². The molecule has 0 aromatic carbocycles. The molecule has 0 bridgehead atoms. The molecule has 0 aliphatic heterocycles. The summed E-state index contributed by atoms with van der Waals surface area (Å²) < 4.78 is 17.3. The van der Waals surface area contributed by atoms with E-state index in [2.05, 4.69) is 142 Å². The average Bonchev–Trinajstić information content (AvgIpc) is 3.32. The standard InChI is InChI=1S/C61H100O5/c1-4-7-10-13-16-19-22-25-28-31-33-36-39-42-45-48-51-54-60(62)65-58-59(57-64-56-53-50-47-44-41-38-35-30-27-24-21-18-15-12-9-6-3)66-61(63)55-52-49-46-43-40-37-34-32-29-26-23-20-17-14-11-8-5-2/h7,9-10,12,16,18-19,21,25-30,33,36,38,41,47,50,59H,4-6,8,11,13-15,17,20,22-24,31-32,34-35,37,39-40,42-46,48-49,51-58H2,1-3H3/b10-7-,12-9-,19-16-,21-18-,28-25-,29-26-,30-27-,36-33-,41-38-,50-47-. The number of hydrogen-bond acceptors (Lipinski definition) is 5. The van der Waals surface area contributed by atoms with Gasteiger partial charge in [-0.05, 0) is 116 Å². The summed E-state index contributed by atoms with van der Waals surface area (Å²) in [5, 5.41) is 0. The van der Waals surface area contributed by atoms with Crippen molar-refractivity contribution >= 4 is 11.9 Å². The van der Waals surface area contributed by atoms with Crippen molar-refractivity contribution in [2.24, 2.45) is 0 Å². The van der Waals surface area contributed by atoms with Gasteiger partial charge in [0.2, 0.25) is 0 Å². The molecule has 0 aliphatic carbocycles. The summed E-state index contributed by atoms with van der Waals surface area (Å²) in [7, 11) is 0. The number of rotatable bonds is 48. The Hall–Kier alpha value is -3.70. The smallest absolute Gasteiger partial charge is 0.306 e.